The predicted molar refractivity (Wildman–Crippen MR) is 147 cm³/mol. The predicted octanol–water partition coefficient (Wildman–Crippen LogP) is 4.62. The minimum atomic E-state index is -1.10. The van der Waals surface area contributed by atoms with E-state index in [2.05, 4.69) is 46.7 Å². The lowest BCUT2D eigenvalue weighted by atomic mass is 9.98. The van der Waals surface area contributed by atoms with E-state index in [0.29, 0.717) is 19.4 Å². The Morgan fingerprint density at radius 2 is 1.69 bits per heavy atom. The fourth-order valence-electron chi connectivity index (χ4n) is 5.09. The number of rotatable bonds is 12. The smallest absolute Gasteiger partial charge is 0.407 e. The summed E-state index contributed by atoms with van der Waals surface area (Å²) < 4.78 is 11.1. The molecule has 0 fully saturated rings. The van der Waals surface area contributed by atoms with Crippen LogP contribution in [-0.2, 0) is 19.1 Å². The topological polar surface area (TPSA) is 114 Å². The van der Waals surface area contributed by atoms with Gasteiger partial charge in [0.15, 0.2) is 0 Å². The van der Waals surface area contributed by atoms with Crippen LogP contribution >= 0.6 is 0 Å². The largest absolute Gasteiger partial charge is 0.480 e. The Hall–Kier alpha value is -3.83. The number of carboxylic acids is 1. The molecule has 0 radical (unpaired) electrons. The van der Waals surface area contributed by atoms with Crippen molar-refractivity contribution in [2.45, 2.75) is 69.4 Å². The number of alkyl carbamates (subject to hydrolysis) is 1. The van der Waals surface area contributed by atoms with Gasteiger partial charge in [0.25, 0.3) is 0 Å². The Kier molecular flexibility index (Phi) is 10.4. The van der Waals surface area contributed by atoms with E-state index in [0.717, 1.165) is 43.2 Å². The number of aliphatic carboxylic acids is 1. The molecule has 0 heterocycles. The van der Waals surface area contributed by atoms with Gasteiger partial charge in [0.1, 0.15) is 25.4 Å². The summed E-state index contributed by atoms with van der Waals surface area (Å²) in [5.74, 6) is 4.51. The van der Waals surface area contributed by atoms with Crippen LogP contribution in [0.5, 0.6) is 0 Å². The molecule has 0 spiro atoms. The van der Waals surface area contributed by atoms with Gasteiger partial charge >= 0.3 is 12.1 Å². The average Bonchev–Trinajstić information content (AvgIpc) is 3.24. The molecular weight excluding hydrogens is 496 g/mol. The summed E-state index contributed by atoms with van der Waals surface area (Å²) >= 11 is 0. The Morgan fingerprint density at radius 3 is 2.41 bits per heavy atom. The standard InChI is InChI=1S/C31H36N2O6/c34-29(21-38-22-12-4-2-1-3-5-13-22)33-28(30(35)36)18-10-11-19-32-31(37)39-20-27-25-16-8-6-14-23(25)24-15-7-9-17-26(24)27/h6-9,14-17,22,27-28H,1-4,10-12,18-21H2,(H,32,37)(H,33,34)(H,35,36). The first-order chi connectivity index (χ1) is 19.0. The maximum Gasteiger partial charge on any atom is 0.407 e. The van der Waals surface area contributed by atoms with Gasteiger partial charge < -0.3 is 25.2 Å². The molecule has 2 aliphatic rings. The van der Waals surface area contributed by atoms with Gasteiger partial charge in [-0.05, 0) is 60.8 Å². The quantitative estimate of drug-likeness (QED) is 0.272. The molecule has 2 aromatic rings. The normalized spacial score (nSPS) is 16.9. The second-order valence-electron chi connectivity index (χ2n) is 9.93. The Labute approximate surface area is 229 Å². The third kappa shape index (κ3) is 8.08. The van der Waals surface area contributed by atoms with Crippen LogP contribution in [0, 0.1) is 11.8 Å². The van der Waals surface area contributed by atoms with Crippen molar-refractivity contribution in [2.24, 2.45) is 0 Å². The van der Waals surface area contributed by atoms with E-state index >= 15 is 0 Å². The molecule has 3 N–H and O–H groups in total. The molecule has 0 aromatic heterocycles. The summed E-state index contributed by atoms with van der Waals surface area (Å²) in [6, 6.07) is 15.3. The zero-order valence-electron chi connectivity index (χ0n) is 22.1. The zero-order chi connectivity index (χ0) is 27.5. The van der Waals surface area contributed by atoms with E-state index in [9.17, 15) is 19.5 Å². The molecule has 0 saturated carbocycles. The van der Waals surface area contributed by atoms with Crippen molar-refractivity contribution in [3.05, 3.63) is 59.7 Å². The molecular formula is C31H36N2O6. The lowest BCUT2D eigenvalue weighted by molar-refractivity contribution is -0.143. The van der Waals surface area contributed by atoms with Gasteiger partial charge in [0.05, 0.1) is 0 Å². The van der Waals surface area contributed by atoms with Crippen LogP contribution in [-0.4, -0.2) is 55.0 Å². The van der Waals surface area contributed by atoms with Crippen LogP contribution in [0.1, 0.15) is 68.4 Å². The van der Waals surface area contributed by atoms with Crippen LogP contribution in [0.3, 0.4) is 0 Å². The molecule has 8 heteroatoms. The molecule has 2 aromatic carbocycles. The van der Waals surface area contributed by atoms with E-state index in [1.54, 1.807) is 0 Å². The van der Waals surface area contributed by atoms with Gasteiger partial charge in [-0.25, -0.2) is 9.59 Å². The molecule has 2 atom stereocenters. The van der Waals surface area contributed by atoms with E-state index in [1.165, 1.54) is 11.1 Å². The van der Waals surface area contributed by atoms with E-state index in [1.807, 2.05) is 24.3 Å². The SMILES string of the molecule is O=C(COC1C#CCCCCC1)NC(CCCCNC(=O)OCC1c2ccccc2-c2ccccc21)C(=O)O. The number of hydrogen-bond acceptors (Lipinski definition) is 5. The monoisotopic (exact) mass is 532 g/mol. The first-order valence-electron chi connectivity index (χ1n) is 13.7. The van der Waals surface area contributed by atoms with Gasteiger partial charge in [-0.15, -0.1) is 5.92 Å². The fourth-order valence-corrected chi connectivity index (χ4v) is 5.09. The number of unbranched alkanes of at least 4 members (excludes halogenated alkanes) is 1. The lowest BCUT2D eigenvalue weighted by Crippen LogP contribution is -2.43. The van der Waals surface area contributed by atoms with Crippen molar-refractivity contribution >= 4 is 18.0 Å². The number of amides is 2. The Bertz CT molecular complexity index is 1170. The summed E-state index contributed by atoms with van der Waals surface area (Å²) in [7, 11) is 0. The molecule has 0 bridgehead atoms. The molecule has 2 amide bonds. The number of ether oxygens (including phenoxy) is 2. The van der Waals surface area contributed by atoms with Gasteiger partial charge in [0, 0.05) is 18.9 Å². The van der Waals surface area contributed by atoms with E-state index < -0.39 is 24.0 Å². The van der Waals surface area contributed by atoms with E-state index in [4.69, 9.17) is 9.47 Å². The second kappa shape index (κ2) is 14.4. The van der Waals surface area contributed by atoms with Gasteiger partial charge in [-0.1, -0.05) is 60.9 Å². The van der Waals surface area contributed by atoms with Crippen LogP contribution < -0.4 is 10.6 Å². The lowest BCUT2D eigenvalue weighted by Gasteiger charge is -2.17. The molecule has 0 aliphatic heterocycles. The highest BCUT2D eigenvalue weighted by Crippen LogP contribution is 2.44. The number of benzene rings is 2. The summed E-state index contributed by atoms with van der Waals surface area (Å²) in [5, 5.41) is 14.8. The molecule has 2 unspecified atom stereocenters. The summed E-state index contributed by atoms with van der Waals surface area (Å²) in [5.41, 5.74) is 4.64. The molecule has 206 valence electrons. The first kappa shape index (κ1) is 28.2. The van der Waals surface area contributed by atoms with Gasteiger partial charge in [-0.2, -0.15) is 0 Å². The minimum absolute atomic E-state index is 0.00818. The van der Waals surface area contributed by atoms with Crippen molar-refractivity contribution < 1.29 is 29.0 Å². The highest BCUT2D eigenvalue weighted by molar-refractivity contribution is 5.84. The number of nitrogens with one attached hydrogen (secondary N) is 2. The number of hydrogen-bond donors (Lipinski definition) is 3. The van der Waals surface area contributed by atoms with Crippen LogP contribution in [0.2, 0.25) is 0 Å². The highest BCUT2D eigenvalue weighted by atomic mass is 16.5. The number of carbonyl (C=O) groups is 3. The van der Waals surface area contributed by atoms with Crippen molar-refractivity contribution in [3.8, 4) is 23.0 Å². The molecule has 0 saturated heterocycles. The van der Waals surface area contributed by atoms with Gasteiger partial charge in [0.2, 0.25) is 5.91 Å². The van der Waals surface area contributed by atoms with Crippen molar-refractivity contribution in [1.82, 2.24) is 10.6 Å². The highest BCUT2D eigenvalue weighted by Gasteiger charge is 2.29. The summed E-state index contributed by atoms with van der Waals surface area (Å²) in [6.07, 6.45) is 5.31. The summed E-state index contributed by atoms with van der Waals surface area (Å²) in [4.78, 5) is 36.2. The summed E-state index contributed by atoms with van der Waals surface area (Å²) in [6.45, 7) is 0.369. The second-order valence-corrected chi connectivity index (χ2v) is 9.93. The number of carboxylic acid groups (broad SMARTS) is 1. The average molecular weight is 533 g/mol. The van der Waals surface area contributed by atoms with Crippen molar-refractivity contribution in [3.63, 3.8) is 0 Å². The molecule has 39 heavy (non-hydrogen) atoms. The van der Waals surface area contributed by atoms with Crippen molar-refractivity contribution in [1.29, 1.82) is 0 Å². The van der Waals surface area contributed by atoms with Gasteiger partial charge in [-0.3, -0.25) is 4.79 Å². The third-order valence-corrected chi connectivity index (χ3v) is 7.11. The number of carbonyl (C=O) groups excluding carboxylic acids is 2. The minimum Gasteiger partial charge on any atom is -0.480 e. The maximum absolute atomic E-state index is 12.3. The van der Waals surface area contributed by atoms with Crippen LogP contribution in [0.4, 0.5) is 4.79 Å². The molecule has 8 nitrogen and oxygen atoms in total. The third-order valence-electron chi connectivity index (χ3n) is 7.11. The Morgan fingerprint density at radius 1 is 0.974 bits per heavy atom. The maximum atomic E-state index is 12.3. The fraction of sp³-hybridized carbons (Fsp3) is 0.452. The van der Waals surface area contributed by atoms with E-state index in [-0.39, 0.29) is 31.7 Å². The van der Waals surface area contributed by atoms with Crippen LogP contribution in [0.15, 0.2) is 48.5 Å². The zero-order valence-corrected chi connectivity index (χ0v) is 22.1. The Balaban J connectivity index is 1.13. The number of fused-ring (bicyclic) bond motifs is 3. The molecule has 2 aliphatic carbocycles. The van der Waals surface area contributed by atoms with Crippen molar-refractivity contribution in [2.75, 3.05) is 19.8 Å². The molecule has 4 rings (SSSR count). The van der Waals surface area contributed by atoms with Crippen LogP contribution in [0.25, 0.3) is 11.1 Å². The first-order valence-corrected chi connectivity index (χ1v) is 13.7.